The van der Waals surface area contributed by atoms with Crippen LogP contribution < -0.4 is 10.6 Å². The number of nitrogens with zero attached hydrogens (tertiary/aromatic N) is 2. The standard InChI is InChI=1S/C16H16N4Se/c1-2-5-12-11(4-1)10-17-9-8-13(12)18-14-6-3-7-15-16(14)20-21-19-15/h1-7,13,17-18H,8-10H2. The van der Waals surface area contributed by atoms with Crippen LogP contribution >= 0.6 is 0 Å². The summed E-state index contributed by atoms with van der Waals surface area (Å²) in [6.45, 7) is 1.97. The van der Waals surface area contributed by atoms with Gasteiger partial charge in [0.05, 0.1) is 0 Å². The van der Waals surface area contributed by atoms with Crippen molar-refractivity contribution in [3.63, 3.8) is 0 Å². The van der Waals surface area contributed by atoms with E-state index < -0.39 is 0 Å². The molecule has 106 valence electrons. The molecule has 2 aliphatic heterocycles. The van der Waals surface area contributed by atoms with Crippen molar-refractivity contribution in [2.24, 2.45) is 7.92 Å². The fourth-order valence-electron chi connectivity index (χ4n) is 2.92. The number of benzene rings is 2. The summed E-state index contributed by atoms with van der Waals surface area (Å²) in [5.74, 6) is 0. The van der Waals surface area contributed by atoms with Gasteiger partial charge in [-0.2, -0.15) is 0 Å². The van der Waals surface area contributed by atoms with Gasteiger partial charge >= 0.3 is 129 Å². The molecule has 2 aliphatic rings. The molecule has 0 amide bonds. The maximum absolute atomic E-state index is 4.56. The van der Waals surface area contributed by atoms with E-state index in [9.17, 15) is 0 Å². The van der Waals surface area contributed by atoms with Gasteiger partial charge in [0.15, 0.2) is 0 Å². The van der Waals surface area contributed by atoms with E-state index in [1.165, 1.54) is 11.1 Å². The van der Waals surface area contributed by atoms with E-state index in [0.29, 0.717) is 6.04 Å². The molecule has 0 aromatic heterocycles. The molecule has 0 aliphatic carbocycles. The number of fused-ring (bicyclic) bond motifs is 2. The second-order valence-electron chi connectivity index (χ2n) is 5.30. The van der Waals surface area contributed by atoms with Crippen molar-refractivity contribution in [1.82, 2.24) is 5.32 Å². The summed E-state index contributed by atoms with van der Waals surface area (Å²) in [7, 11) is 0. The van der Waals surface area contributed by atoms with Crippen molar-refractivity contribution >= 4 is 31.6 Å². The summed E-state index contributed by atoms with van der Waals surface area (Å²) in [5, 5.41) is 7.19. The van der Waals surface area contributed by atoms with Crippen LogP contribution in [-0.2, 0) is 6.54 Å². The molecule has 0 saturated carbocycles. The van der Waals surface area contributed by atoms with Gasteiger partial charge in [-0.3, -0.25) is 0 Å². The Hall–Kier alpha value is -1.68. The van der Waals surface area contributed by atoms with Crippen LogP contribution in [-0.4, -0.2) is 21.1 Å². The minimum absolute atomic E-state index is 0.0169. The van der Waals surface area contributed by atoms with E-state index in [0.717, 1.165) is 36.6 Å². The van der Waals surface area contributed by atoms with Crippen LogP contribution in [0, 0.1) is 0 Å². The van der Waals surface area contributed by atoms with Crippen LogP contribution in [0.3, 0.4) is 0 Å². The van der Waals surface area contributed by atoms with Gasteiger partial charge in [-0.15, -0.1) is 0 Å². The van der Waals surface area contributed by atoms with Gasteiger partial charge in [0.25, 0.3) is 0 Å². The van der Waals surface area contributed by atoms with E-state index in [2.05, 4.69) is 55.0 Å². The first kappa shape index (κ1) is 13.0. The molecule has 1 atom stereocenters. The van der Waals surface area contributed by atoms with Gasteiger partial charge in [-0.25, -0.2) is 0 Å². The normalized spacial score (nSPS) is 19.3. The predicted octanol–water partition coefficient (Wildman–Crippen LogP) is 3.68. The summed E-state index contributed by atoms with van der Waals surface area (Å²) >= 11 is 0.0169. The van der Waals surface area contributed by atoms with E-state index in [1.807, 2.05) is 6.07 Å². The first-order chi connectivity index (χ1) is 10.4. The third-order valence-corrected chi connectivity index (χ3v) is 5.11. The fourth-order valence-corrected chi connectivity index (χ4v) is 4.07. The fraction of sp³-hybridized carbons (Fsp3) is 0.250. The Labute approximate surface area is 129 Å². The summed E-state index contributed by atoms with van der Waals surface area (Å²) < 4.78 is 9.02. The maximum atomic E-state index is 4.56. The van der Waals surface area contributed by atoms with Gasteiger partial charge in [0, 0.05) is 0 Å². The summed E-state index contributed by atoms with van der Waals surface area (Å²) in [5.41, 5.74) is 5.94. The zero-order valence-electron chi connectivity index (χ0n) is 11.5. The molecule has 0 saturated heterocycles. The molecular formula is C16H16N4Se. The van der Waals surface area contributed by atoms with Gasteiger partial charge in [0.2, 0.25) is 0 Å². The first-order valence-corrected chi connectivity index (χ1v) is 8.71. The Bertz CT molecular complexity index is 750. The third-order valence-electron chi connectivity index (χ3n) is 3.97. The van der Waals surface area contributed by atoms with Crippen LogP contribution in [0.15, 0.2) is 50.4 Å². The van der Waals surface area contributed by atoms with Crippen LogP contribution in [0.5, 0.6) is 0 Å². The summed E-state index contributed by atoms with van der Waals surface area (Å²) in [6, 6.07) is 15.2. The van der Waals surface area contributed by atoms with Gasteiger partial charge < -0.3 is 0 Å². The third kappa shape index (κ3) is 2.48. The zero-order valence-corrected chi connectivity index (χ0v) is 13.3. The molecule has 21 heavy (non-hydrogen) atoms. The molecule has 0 fully saturated rings. The second kappa shape index (κ2) is 5.60. The van der Waals surface area contributed by atoms with Gasteiger partial charge in [0.1, 0.15) is 0 Å². The van der Waals surface area contributed by atoms with E-state index in [1.54, 1.807) is 0 Å². The molecule has 0 radical (unpaired) electrons. The SMILES string of the molecule is c1ccc2c(c1)CNCCC2Nc1cccc2c1N=[Se]=N2. The van der Waals surface area contributed by atoms with Gasteiger partial charge in [-0.1, -0.05) is 0 Å². The number of hydrogen-bond acceptors (Lipinski definition) is 4. The van der Waals surface area contributed by atoms with Crippen LogP contribution in [0.4, 0.5) is 17.1 Å². The average molecular weight is 343 g/mol. The number of hydrogen-bond donors (Lipinski definition) is 2. The molecule has 0 spiro atoms. The topological polar surface area (TPSA) is 48.8 Å². The Balaban J connectivity index is 1.69. The molecule has 4 nitrogen and oxygen atoms in total. The van der Waals surface area contributed by atoms with Crippen molar-refractivity contribution in [2.45, 2.75) is 19.0 Å². The molecular weight excluding hydrogens is 327 g/mol. The zero-order chi connectivity index (χ0) is 14.1. The molecule has 2 heterocycles. The molecule has 1 unspecified atom stereocenters. The van der Waals surface area contributed by atoms with Crippen molar-refractivity contribution in [1.29, 1.82) is 0 Å². The van der Waals surface area contributed by atoms with Crippen molar-refractivity contribution < 1.29 is 0 Å². The van der Waals surface area contributed by atoms with E-state index in [4.69, 9.17) is 0 Å². The monoisotopic (exact) mass is 344 g/mol. The second-order valence-corrected chi connectivity index (χ2v) is 6.41. The predicted molar refractivity (Wildman–Crippen MR) is 85.5 cm³/mol. The molecule has 4 rings (SSSR count). The van der Waals surface area contributed by atoms with Crippen LogP contribution in [0.1, 0.15) is 23.6 Å². The molecule has 0 bridgehead atoms. The molecule has 2 aromatic carbocycles. The van der Waals surface area contributed by atoms with E-state index >= 15 is 0 Å². The Morgan fingerprint density at radius 1 is 1.10 bits per heavy atom. The Morgan fingerprint density at radius 3 is 3.05 bits per heavy atom. The van der Waals surface area contributed by atoms with Crippen molar-refractivity contribution in [3.05, 3.63) is 53.6 Å². The van der Waals surface area contributed by atoms with E-state index in [-0.39, 0.29) is 14.6 Å². The number of anilines is 1. The minimum atomic E-state index is 0.0169. The molecule has 5 heteroatoms. The first-order valence-electron chi connectivity index (χ1n) is 7.18. The molecule has 2 N–H and O–H groups in total. The van der Waals surface area contributed by atoms with Crippen LogP contribution in [0.2, 0.25) is 0 Å². The van der Waals surface area contributed by atoms with Crippen LogP contribution in [0.25, 0.3) is 0 Å². The van der Waals surface area contributed by atoms with Crippen molar-refractivity contribution in [2.75, 3.05) is 11.9 Å². The van der Waals surface area contributed by atoms with Gasteiger partial charge in [-0.05, 0) is 0 Å². The number of rotatable bonds is 2. The summed E-state index contributed by atoms with van der Waals surface area (Å²) in [4.78, 5) is 0. The van der Waals surface area contributed by atoms with Crippen molar-refractivity contribution in [3.8, 4) is 0 Å². The summed E-state index contributed by atoms with van der Waals surface area (Å²) in [6.07, 6.45) is 1.07. The quantitative estimate of drug-likeness (QED) is 0.698. The molecule has 2 aromatic rings. The Morgan fingerprint density at radius 2 is 2.05 bits per heavy atom. The average Bonchev–Trinajstić information content (AvgIpc) is 2.91. The number of nitrogens with one attached hydrogen (secondary N) is 2. The Kier molecular flexibility index (Phi) is 3.47.